The van der Waals surface area contributed by atoms with Gasteiger partial charge in [-0.25, -0.2) is 0 Å². The Labute approximate surface area is 188 Å². The molecule has 7 nitrogen and oxygen atoms in total. The molecule has 1 aliphatic carbocycles. The lowest BCUT2D eigenvalue weighted by molar-refractivity contribution is -0.139. The zero-order valence-electron chi connectivity index (χ0n) is 18.1. The molecule has 0 spiro atoms. The number of likely N-dealkylation sites (tertiary alicyclic amines) is 1. The maximum absolute atomic E-state index is 12.9. The van der Waals surface area contributed by atoms with Crippen LogP contribution in [0.25, 0.3) is 0 Å². The summed E-state index contributed by atoms with van der Waals surface area (Å²) < 4.78 is 0. The Hall–Kier alpha value is -2.35. The Morgan fingerprint density at radius 1 is 1.13 bits per heavy atom. The van der Waals surface area contributed by atoms with Crippen LogP contribution >= 0.6 is 12.6 Å². The van der Waals surface area contributed by atoms with Gasteiger partial charge in [-0.1, -0.05) is 29.8 Å². The molecule has 1 aliphatic heterocycles. The topological polar surface area (TPSA) is 95.6 Å². The molecule has 2 N–H and O–H groups in total. The van der Waals surface area contributed by atoms with Crippen molar-refractivity contribution in [3.05, 3.63) is 35.4 Å². The molecule has 2 atom stereocenters. The Morgan fingerprint density at radius 2 is 1.77 bits per heavy atom. The number of thiol groups is 1. The number of benzene rings is 1. The molecule has 2 fully saturated rings. The first-order valence-corrected chi connectivity index (χ1v) is 11.4. The van der Waals surface area contributed by atoms with Crippen LogP contribution < -0.4 is 10.6 Å². The minimum Gasteiger partial charge on any atom is -0.357 e. The molecule has 1 saturated carbocycles. The molecule has 168 valence electrons. The number of imide groups is 1. The number of amides is 4. The predicted molar refractivity (Wildman–Crippen MR) is 120 cm³/mol. The summed E-state index contributed by atoms with van der Waals surface area (Å²) in [5.74, 6) is -0.646. The molecule has 8 heteroatoms. The van der Waals surface area contributed by atoms with Gasteiger partial charge in [-0.2, -0.15) is 12.6 Å². The van der Waals surface area contributed by atoms with E-state index in [1.807, 2.05) is 31.2 Å². The van der Waals surface area contributed by atoms with E-state index in [1.54, 1.807) is 7.05 Å². The molecule has 2 aliphatic rings. The standard InChI is InChI=1S/C23H31N3O4S/c1-14-3-5-15(6-4-14)11-18(22(29)24-2)25-21(28)17-9-7-16(8-10-17)13-26-20(27)12-19(31)23(26)30/h3-6,16-19,31H,7-13H2,1-2H3,(H,24,29)(H,25,28). The van der Waals surface area contributed by atoms with Gasteiger partial charge in [0.1, 0.15) is 6.04 Å². The number of carbonyl (C=O) groups is 4. The van der Waals surface area contributed by atoms with Gasteiger partial charge in [0.25, 0.3) is 0 Å². The fourth-order valence-electron chi connectivity index (χ4n) is 4.36. The van der Waals surface area contributed by atoms with Crippen LogP contribution in [0.2, 0.25) is 0 Å². The monoisotopic (exact) mass is 445 g/mol. The fourth-order valence-corrected chi connectivity index (χ4v) is 4.65. The fraction of sp³-hybridized carbons (Fsp3) is 0.565. The van der Waals surface area contributed by atoms with Crippen molar-refractivity contribution in [3.8, 4) is 0 Å². The van der Waals surface area contributed by atoms with E-state index in [-0.39, 0.29) is 41.9 Å². The molecule has 3 rings (SSSR count). The summed E-state index contributed by atoms with van der Waals surface area (Å²) in [6.45, 7) is 2.42. The van der Waals surface area contributed by atoms with E-state index in [4.69, 9.17) is 0 Å². The normalized spacial score (nSPS) is 24.7. The molecule has 2 unspecified atom stereocenters. The minimum atomic E-state index is -0.620. The number of hydrogen-bond donors (Lipinski definition) is 3. The van der Waals surface area contributed by atoms with Crippen LogP contribution in [0.5, 0.6) is 0 Å². The van der Waals surface area contributed by atoms with Gasteiger partial charge in [-0.3, -0.25) is 24.1 Å². The number of aryl methyl sites for hydroxylation is 1. The largest absolute Gasteiger partial charge is 0.357 e. The first kappa shape index (κ1) is 23.3. The van der Waals surface area contributed by atoms with Gasteiger partial charge in [0, 0.05) is 32.4 Å². The Bertz CT molecular complexity index is 834. The molecule has 4 amide bonds. The summed E-state index contributed by atoms with van der Waals surface area (Å²) in [5.41, 5.74) is 2.13. The average Bonchev–Trinajstić information content (AvgIpc) is 3.00. The Morgan fingerprint density at radius 3 is 2.32 bits per heavy atom. The number of nitrogens with one attached hydrogen (secondary N) is 2. The quantitative estimate of drug-likeness (QED) is 0.439. The highest BCUT2D eigenvalue weighted by Crippen LogP contribution is 2.31. The van der Waals surface area contributed by atoms with Crippen LogP contribution in [0.4, 0.5) is 0 Å². The lowest BCUT2D eigenvalue weighted by Crippen LogP contribution is -2.49. The van der Waals surface area contributed by atoms with E-state index in [1.165, 1.54) is 4.90 Å². The average molecular weight is 446 g/mol. The molecule has 0 aromatic heterocycles. The third kappa shape index (κ3) is 5.87. The molecule has 1 aromatic carbocycles. The smallest absolute Gasteiger partial charge is 0.242 e. The second kappa shape index (κ2) is 10.3. The molecular formula is C23H31N3O4S. The second-order valence-corrected chi connectivity index (χ2v) is 9.27. The van der Waals surface area contributed by atoms with Gasteiger partial charge in [0.2, 0.25) is 23.6 Å². The highest BCUT2D eigenvalue weighted by Gasteiger charge is 2.38. The van der Waals surface area contributed by atoms with Crippen LogP contribution in [0.1, 0.15) is 43.2 Å². The zero-order chi connectivity index (χ0) is 22.5. The van der Waals surface area contributed by atoms with E-state index in [0.29, 0.717) is 25.8 Å². The van der Waals surface area contributed by atoms with Crippen molar-refractivity contribution in [3.63, 3.8) is 0 Å². The summed E-state index contributed by atoms with van der Waals surface area (Å²) in [6, 6.07) is 7.30. The van der Waals surface area contributed by atoms with Crippen molar-refractivity contribution in [1.82, 2.24) is 15.5 Å². The van der Waals surface area contributed by atoms with Crippen LogP contribution in [0.15, 0.2) is 24.3 Å². The van der Waals surface area contributed by atoms with E-state index in [2.05, 4.69) is 23.3 Å². The van der Waals surface area contributed by atoms with Crippen LogP contribution in [-0.4, -0.2) is 53.4 Å². The molecule has 0 radical (unpaired) electrons. The Balaban J connectivity index is 1.52. The van der Waals surface area contributed by atoms with Gasteiger partial charge in [-0.05, 0) is 44.1 Å². The van der Waals surface area contributed by atoms with E-state index >= 15 is 0 Å². The van der Waals surface area contributed by atoms with Crippen molar-refractivity contribution in [2.24, 2.45) is 11.8 Å². The number of hydrogen-bond acceptors (Lipinski definition) is 5. The lowest BCUT2D eigenvalue weighted by Gasteiger charge is -2.31. The van der Waals surface area contributed by atoms with Gasteiger partial charge in [-0.15, -0.1) is 0 Å². The third-order valence-electron chi connectivity index (χ3n) is 6.32. The predicted octanol–water partition coefficient (Wildman–Crippen LogP) is 1.63. The lowest BCUT2D eigenvalue weighted by atomic mass is 9.81. The number of rotatable bonds is 7. The molecular weight excluding hydrogens is 414 g/mol. The number of carbonyl (C=O) groups excluding carboxylic acids is 4. The zero-order valence-corrected chi connectivity index (χ0v) is 19.0. The summed E-state index contributed by atoms with van der Waals surface area (Å²) in [5, 5.41) is 5.04. The highest BCUT2D eigenvalue weighted by atomic mass is 32.1. The maximum Gasteiger partial charge on any atom is 0.242 e. The van der Waals surface area contributed by atoms with Gasteiger partial charge in [0.15, 0.2) is 0 Å². The second-order valence-electron chi connectivity index (χ2n) is 8.65. The summed E-state index contributed by atoms with van der Waals surface area (Å²) in [4.78, 5) is 50.6. The van der Waals surface area contributed by atoms with Crippen molar-refractivity contribution in [2.75, 3.05) is 13.6 Å². The number of likely N-dealkylation sites (N-methyl/N-ethyl adjacent to an activating group) is 1. The van der Waals surface area contributed by atoms with Crippen molar-refractivity contribution in [2.45, 2.75) is 56.7 Å². The van der Waals surface area contributed by atoms with Crippen molar-refractivity contribution < 1.29 is 19.2 Å². The summed E-state index contributed by atoms with van der Waals surface area (Å²) in [7, 11) is 1.57. The van der Waals surface area contributed by atoms with Crippen LogP contribution in [-0.2, 0) is 25.6 Å². The third-order valence-corrected chi connectivity index (χ3v) is 6.72. The van der Waals surface area contributed by atoms with Crippen molar-refractivity contribution in [1.29, 1.82) is 0 Å². The van der Waals surface area contributed by atoms with Crippen molar-refractivity contribution >= 4 is 36.3 Å². The first-order valence-electron chi connectivity index (χ1n) is 10.9. The Kier molecular flexibility index (Phi) is 7.75. The van der Waals surface area contributed by atoms with Crippen LogP contribution in [0.3, 0.4) is 0 Å². The van der Waals surface area contributed by atoms with Crippen LogP contribution in [0, 0.1) is 18.8 Å². The minimum absolute atomic E-state index is 0.108. The highest BCUT2D eigenvalue weighted by molar-refractivity contribution is 7.81. The molecule has 1 aromatic rings. The number of nitrogens with zero attached hydrogens (tertiary/aromatic N) is 1. The maximum atomic E-state index is 12.9. The summed E-state index contributed by atoms with van der Waals surface area (Å²) in [6.07, 6.45) is 3.51. The van der Waals surface area contributed by atoms with E-state index in [9.17, 15) is 19.2 Å². The first-order chi connectivity index (χ1) is 14.8. The van der Waals surface area contributed by atoms with Gasteiger partial charge >= 0.3 is 0 Å². The van der Waals surface area contributed by atoms with E-state index < -0.39 is 11.3 Å². The molecule has 0 bridgehead atoms. The molecule has 1 saturated heterocycles. The molecule has 1 heterocycles. The SMILES string of the molecule is CNC(=O)C(Cc1ccc(C)cc1)NC(=O)C1CCC(CN2C(=O)CC(S)C2=O)CC1. The summed E-state index contributed by atoms with van der Waals surface area (Å²) >= 11 is 4.16. The van der Waals surface area contributed by atoms with E-state index in [0.717, 1.165) is 24.0 Å². The molecule has 31 heavy (non-hydrogen) atoms. The van der Waals surface area contributed by atoms with Gasteiger partial charge in [0.05, 0.1) is 5.25 Å². The van der Waals surface area contributed by atoms with Gasteiger partial charge < -0.3 is 10.6 Å².